The Morgan fingerprint density at radius 2 is 1.70 bits per heavy atom. The van der Waals surface area contributed by atoms with Crippen molar-refractivity contribution >= 4 is 40.6 Å². The van der Waals surface area contributed by atoms with Gasteiger partial charge < -0.3 is 26.0 Å². The van der Waals surface area contributed by atoms with Gasteiger partial charge in [-0.2, -0.15) is 0 Å². The molecule has 8 rings (SSSR count). The Labute approximate surface area is 333 Å². The number of primary amides is 1. The first-order valence-corrected chi connectivity index (χ1v) is 19.8. The van der Waals surface area contributed by atoms with Gasteiger partial charge in [-0.3, -0.25) is 29.6 Å². The summed E-state index contributed by atoms with van der Waals surface area (Å²) in [6.45, 7) is 11.1. The summed E-state index contributed by atoms with van der Waals surface area (Å²) >= 11 is 0. The lowest BCUT2D eigenvalue weighted by Gasteiger charge is -2.34. The molecule has 1 aliphatic carbocycles. The highest BCUT2D eigenvalue weighted by atomic mass is 16.5. The van der Waals surface area contributed by atoms with Crippen LogP contribution >= 0.6 is 0 Å². The van der Waals surface area contributed by atoms with Crippen molar-refractivity contribution in [2.75, 3.05) is 57.0 Å². The van der Waals surface area contributed by atoms with Crippen molar-refractivity contribution in [2.45, 2.75) is 52.0 Å². The second-order valence-corrected chi connectivity index (χ2v) is 15.3. The van der Waals surface area contributed by atoms with E-state index in [1.807, 2.05) is 60.8 Å². The lowest BCUT2D eigenvalue weighted by molar-refractivity contribution is -0.134. The SMILES string of the molecule is CNc1cc(Nc2cccc(-c3ccc(CN4CCN(CCCOc5ccc(C6CCC(=O)NC6=O)cc5)CC4)cn3)c2)nn2c(C(N)=O)cnc12.C[C@@H]1C[C@@H]1C. The van der Waals surface area contributed by atoms with Gasteiger partial charge in [-0.25, -0.2) is 9.50 Å². The topological polar surface area (TPSA) is 172 Å². The molecule has 3 aromatic heterocycles. The molecule has 2 aromatic carbocycles. The molecule has 14 heteroatoms. The van der Waals surface area contributed by atoms with Gasteiger partial charge in [-0.15, -0.1) is 5.10 Å². The number of ether oxygens (including phenoxy) is 1. The van der Waals surface area contributed by atoms with Gasteiger partial charge in [0, 0.05) is 76.3 Å². The van der Waals surface area contributed by atoms with Gasteiger partial charge in [-0.05, 0) is 72.6 Å². The van der Waals surface area contributed by atoms with E-state index in [4.69, 9.17) is 15.5 Å². The van der Waals surface area contributed by atoms with Crippen molar-refractivity contribution in [1.82, 2.24) is 34.7 Å². The molecule has 1 saturated carbocycles. The standard InChI is InChI=1S/C38H42N10O4.C5H10/c1-40-32-21-34(45-48-33(36(39)50)23-42-37(32)48)43-28-5-2-4-27(20-28)31-12-6-25(22-41-31)24-47-17-15-46(16-18-47)14-3-19-52-29-9-7-26(8-10-29)30-11-13-35(49)44-38(30)51;1-4-3-5(4)2/h2,4-10,12,20-23,30,40H,3,11,13-19,24H2,1H3,(H2,39,50)(H,43,45)(H,44,49,51);4-5H,3H2,1-2H3/t;4-,5+. The number of nitrogens with two attached hydrogens (primary N) is 1. The third kappa shape index (κ3) is 10.1. The van der Waals surface area contributed by atoms with Crippen molar-refractivity contribution in [3.63, 3.8) is 0 Å². The zero-order valence-electron chi connectivity index (χ0n) is 32.9. The van der Waals surface area contributed by atoms with Gasteiger partial charge in [0.05, 0.1) is 30.1 Å². The molecule has 0 spiro atoms. The van der Waals surface area contributed by atoms with E-state index in [1.165, 1.54) is 22.7 Å². The predicted octanol–water partition coefficient (Wildman–Crippen LogP) is 5.44. The van der Waals surface area contributed by atoms with Gasteiger partial charge >= 0.3 is 0 Å². The average molecular weight is 773 g/mol. The number of rotatable bonds is 13. The molecule has 3 amide bonds. The highest BCUT2D eigenvalue weighted by Gasteiger charge is 2.28. The molecular weight excluding hydrogens is 721 g/mol. The molecule has 1 unspecified atom stereocenters. The highest BCUT2D eigenvalue weighted by Crippen LogP contribution is 2.36. The van der Waals surface area contributed by atoms with Crippen LogP contribution < -0.4 is 26.4 Å². The molecule has 5 aromatic rings. The number of fused-ring (bicyclic) bond motifs is 1. The fourth-order valence-corrected chi connectivity index (χ4v) is 7.20. The number of pyridine rings is 1. The molecule has 3 atom stereocenters. The van der Waals surface area contributed by atoms with Crippen molar-refractivity contribution < 1.29 is 19.1 Å². The van der Waals surface area contributed by atoms with Crippen LogP contribution in [0.1, 0.15) is 67.1 Å². The number of imidazole rings is 1. The molecule has 5 N–H and O–H groups in total. The number of aromatic nitrogens is 4. The maximum atomic E-state index is 12.1. The zero-order chi connectivity index (χ0) is 39.9. The Morgan fingerprint density at radius 3 is 2.37 bits per heavy atom. The number of carbonyl (C=O) groups excluding carboxylic acids is 3. The highest BCUT2D eigenvalue weighted by molar-refractivity contribution is 6.01. The Kier molecular flexibility index (Phi) is 12.4. The molecule has 2 aliphatic heterocycles. The number of carbonyl (C=O) groups is 3. The molecule has 0 radical (unpaired) electrons. The molecule has 0 bridgehead atoms. The van der Waals surface area contributed by atoms with E-state index < -0.39 is 5.91 Å². The number of imide groups is 1. The van der Waals surface area contributed by atoms with Crippen LogP contribution in [0.4, 0.5) is 17.2 Å². The molecular formula is C43H52N10O4. The number of hydrogen-bond acceptors (Lipinski definition) is 11. The summed E-state index contributed by atoms with van der Waals surface area (Å²) in [5.74, 6) is 2.11. The smallest absolute Gasteiger partial charge is 0.269 e. The molecule has 14 nitrogen and oxygen atoms in total. The number of nitrogens with one attached hydrogen (secondary N) is 3. The summed E-state index contributed by atoms with van der Waals surface area (Å²) in [7, 11) is 1.78. The van der Waals surface area contributed by atoms with Crippen molar-refractivity contribution in [2.24, 2.45) is 17.6 Å². The van der Waals surface area contributed by atoms with Crippen LogP contribution in [0.25, 0.3) is 16.9 Å². The Balaban J connectivity index is 0.000000921. The normalized spacial score (nSPS) is 19.7. The molecule has 57 heavy (non-hydrogen) atoms. The number of benzene rings is 2. The summed E-state index contributed by atoms with van der Waals surface area (Å²) in [6, 6.07) is 21.6. The Morgan fingerprint density at radius 1 is 0.947 bits per heavy atom. The van der Waals surface area contributed by atoms with Gasteiger partial charge in [0.2, 0.25) is 11.8 Å². The first kappa shape index (κ1) is 39.4. The van der Waals surface area contributed by atoms with Crippen LogP contribution in [-0.2, 0) is 16.1 Å². The first-order valence-electron chi connectivity index (χ1n) is 19.8. The zero-order valence-corrected chi connectivity index (χ0v) is 32.9. The number of amides is 3. The fourth-order valence-electron chi connectivity index (χ4n) is 7.20. The molecule has 2 saturated heterocycles. The van der Waals surface area contributed by atoms with Gasteiger partial charge in [0.1, 0.15) is 11.4 Å². The lowest BCUT2D eigenvalue weighted by Crippen LogP contribution is -2.46. The second-order valence-electron chi connectivity index (χ2n) is 15.3. The number of piperazine rings is 1. The van der Waals surface area contributed by atoms with E-state index >= 15 is 0 Å². The van der Waals surface area contributed by atoms with Crippen molar-refractivity contribution in [3.05, 3.63) is 95.9 Å². The van der Waals surface area contributed by atoms with Crippen LogP contribution in [0.15, 0.2) is 79.1 Å². The van der Waals surface area contributed by atoms with Crippen LogP contribution in [0.2, 0.25) is 0 Å². The minimum absolute atomic E-state index is 0.200. The van der Waals surface area contributed by atoms with E-state index in [2.05, 4.69) is 61.8 Å². The van der Waals surface area contributed by atoms with E-state index in [9.17, 15) is 14.4 Å². The van der Waals surface area contributed by atoms with E-state index in [0.717, 1.165) is 85.8 Å². The summed E-state index contributed by atoms with van der Waals surface area (Å²) in [6.07, 6.45) is 6.69. The number of hydrogen-bond donors (Lipinski definition) is 4. The lowest BCUT2D eigenvalue weighted by atomic mass is 9.90. The quantitative estimate of drug-likeness (QED) is 0.0887. The van der Waals surface area contributed by atoms with Gasteiger partial charge in [-0.1, -0.05) is 44.2 Å². The third-order valence-corrected chi connectivity index (χ3v) is 11.0. The summed E-state index contributed by atoms with van der Waals surface area (Å²) in [5.41, 5.74) is 11.7. The Hall–Kier alpha value is -5.86. The van der Waals surface area contributed by atoms with Gasteiger partial charge in [0.25, 0.3) is 5.91 Å². The largest absolute Gasteiger partial charge is 0.494 e. The van der Waals surface area contributed by atoms with Crippen LogP contribution in [-0.4, -0.2) is 93.5 Å². The number of nitrogens with zero attached hydrogens (tertiary/aromatic N) is 6. The summed E-state index contributed by atoms with van der Waals surface area (Å²) < 4.78 is 7.40. The van der Waals surface area contributed by atoms with E-state index in [0.29, 0.717) is 36.6 Å². The third-order valence-electron chi connectivity index (χ3n) is 11.0. The number of anilines is 3. The molecule has 3 aliphatic rings. The second kappa shape index (κ2) is 17.9. The van der Waals surface area contributed by atoms with Crippen LogP contribution in [0, 0.1) is 11.8 Å². The summed E-state index contributed by atoms with van der Waals surface area (Å²) in [5, 5.41) is 13.4. The minimum atomic E-state index is -0.605. The van der Waals surface area contributed by atoms with Crippen molar-refractivity contribution in [3.8, 4) is 17.0 Å². The van der Waals surface area contributed by atoms with E-state index in [-0.39, 0.29) is 23.4 Å². The molecule has 298 valence electrons. The van der Waals surface area contributed by atoms with Crippen LogP contribution in [0.3, 0.4) is 0 Å². The fraction of sp³-hybridized carbons (Fsp3) is 0.395. The number of piperidine rings is 1. The first-order chi connectivity index (χ1) is 27.6. The predicted molar refractivity (Wildman–Crippen MR) is 220 cm³/mol. The maximum Gasteiger partial charge on any atom is 0.269 e. The average Bonchev–Trinajstić information content (AvgIpc) is 3.67. The Bertz CT molecular complexity index is 2170. The summed E-state index contributed by atoms with van der Waals surface area (Å²) in [4.78, 5) is 49.4. The minimum Gasteiger partial charge on any atom is -0.494 e. The maximum absolute atomic E-state index is 12.1. The van der Waals surface area contributed by atoms with Crippen molar-refractivity contribution in [1.29, 1.82) is 0 Å². The van der Waals surface area contributed by atoms with E-state index in [1.54, 1.807) is 7.05 Å². The van der Waals surface area contributed by atoms with Crippen LogP contribution in [0.5, 0.6) is 5.75 Å². The molecule has 5 heterocycles. The monoisotopic (exact) mass is 772 g/mol. The molecule has 3 fully saturated rings. The van der Waals surface area contributed by atoms with Gasteiger partial charge in [0.15, 0.2) is 11.5 Å².